The molecule has 3 aromatic rings. The number of amides is 1. The zero-order valence-electron chi connectivity index (χ0n) is 14.2. The second-order valence-corrected chi connectivity index (χ2v) is 6.79. The first-order valence-corrected chi connectivity index (χ1v) is 8.88. The topological polar surface area (TPSA) is 76.8 Å². The molecule has 2 atom stereocenters. The van der Waals surface area contributed by atoms with Crippen LogP contribution in [0.1, 0.15) is 29.3 Å². The molecular weight excluding hydrogens is 328 g/mol. The lowest BCUT2D eigenvalue weighted by molar-refractivity contribution is 0.0653. The second-order valence-electron chi connectivity index (χ2n) is 6.79. The first kappa shape index (κ1) is 15.2. The Morgan fingerprint density at radius 3 is 2.54 bits per heavy atom. The van der Waals surface area contributed by atoms with Crippen molar-refractivity contribution in [2.24, 2.45) is 0 Å². The van der Waals surface area contributed by atoms with E-state index in [2.05, 4.69) is 24.7 Å². The fraction of sp³-hybridized carbons (Fsp3) is 0.316. The SMILES string of the molecule is O=C(c1ncccn1)N1[C@@H]2CC[C@H]1Cc1nnc(-c3ccccc3)n1C2. The third kappa shape index (κ3) is 2.39. The van der Waals surface area contributed by atoms with E-state index in [9.17, 15) is 4.79 Å². The molecule has 0 saturated carbocycles. The lowest BCUT2D eigenvalue weighted by Crippen LogP contribution is -2.42. The van der Waals surface area contributed by atoms with E-state index in [1.165, 1.54) is 0 Å². The summed E-state index contributed by atoms with van der Waals surface area (Å²) in [4.78, 5) is 23.3. The van der Waals surface area contributed by atoms with E-state index in [4.69, 9.17) is 0 Å². The van der Waals surface area contributed by atoms with Gasteiger partial charge in [-0.15, -0.1) is 10.2 Å². The summed E-state index contributed by atoms with van der Waals surface area (Å²) in [5.74, 6) is 2.00. The van der Waals surface area contributed by atoms with Crippen LogP contribution in [0.4, 0.5) is 0 Å². The third-order valence-corrected chi connectivity index (χ3v) is 5.28. The van der Waals surface area contributed by atoms with Gasteiger partial charge in [0.05, 0.1) is 6.04 Å². The molecule has 7 heteroatoms. The fourth-order valence-corrected chi connectivity index (χ4v) is 4.10. The Hall–Kier alpha value is -3.09. The van der Waals surface area contributed by atoms with Crippen LogP contribution in [-0.2, 0) is 13.0 Å². The zero-order valence-corrected chi connectivity index (χ0v) is 14.2. The summed E-state index contributed by atoms with van der Waals surface area (Å²) in [5.41, 5.74) is 1.05. The van der Waals surface area contributed by atoms with E-state index in [1.807, 2.05) is 35.2 Å². The first-order chi connectivity index (χ1) is 12.8. The fourth-order valence-electron chi connectivity index (χ4n) is 4.10. The summed E-state index contributed by atoms with van der Waals surface area (Å²) in [6, 6.07) is 12.1. The van der Waals surface area contributed by atoms with Crippen molar-refractivity contribution in [3.05, 3.63) is 60.4 Å². The van der Waals surface area contributed by atoms with Crippen molar-refractivity contribution in [1.29, 1.82) is 0 Å². The van der Waals surface area contributed by atoms with Gasteiger partial charge in [0.15, 0.2) is 5.82 Å². The molecule has 0 radical (unpaired) electrons. The van der Waals surface area contributed by atoms with Crippen LogP contribution in [0.3, 0.4) is 0 Å². The van der Waals surface area contributed by atoms with Crippen molar-refractivity contribution in [1.82, 2.24) is 29.6 Å². The average Bonchev–Trinajstić information content (AvgIpc) is 3.22. The molecule has 5 rings (SSSR count). The lowest BCUT2D eigenvalue weighted by atomic mass is 10.1. The van der Waals surface area contributed by atoms with Gasteiger partial charge in [-0.2, -0.15) is 0 Å². The molecule has 2 aliphatic rings. The monoisotopic (exact) mass is 346 g/mol. The normalized spacial score (nSPS) is 21.3. The van der Waals surface area contributed by atoms with Gasteiger partial charge in [0.1, 0.15) is 5.82 Å². The molecule has 130 valence electrons. The van der Waals surface area contributed by atoms with E-state index >= 15 is 0 Å². The van der Waals surface area contributed by atoms with E-state index in [1.54, 1.807) is 18.5 Å². The quantitative estimate of drug-likeness (QED) is 0.709. The molecule has 2 aliphatic heterocycles. The molecule has 1 fully saturated rings. The molecule has 1 amide bonds. The Bertz CT molecular complexity index is 939. The molecule has 2 aromatic heterocycles. The number of nitrogens with zero attached hydrogens (tertiary/aromatic N) is 6. The summed E-state index contributed by atoms with van der Waals surface area (Å²) >= 11 is 0. The number of hydrogen-bond donors (Lipinski definition) is 0. The zero-order chi connectivity index (χ0) is 17.5. The Labute approximate surface area is 150 Å². The van der Waals surface area contributed by atoms with Gasteiger partial charge in [-0.3, -0.25) is 4.79 Å². The first-order valence-electron chi connectivity index (χ1n) is 8.88. The lowest BCUT2D eigenvalue weighted by Gasteiger charge is -2.27. The highest BCUT2D eigenvalue weighted by molar-refractivity contribution is 5.91. The van der Waals surface area contributed by atoms with Gasteiger partial charge in [0, 0.05) is 37.0 Å². The summed E-state index contributed by atoms with van der Waals surface area (Å²) in [6.45, 7) is 0.710. The van der Waals surface area contributed by atoms with E-state index < -0.39 is 0 Å². The van der Waals surface area contributed by atoms with Gasteiger partial charge in [0.25, 0.3) is 5.91 Å². The van der Waals surface area contributed by atoms with Crippen LogP contribution in [0.5, 0.6) is 0 Å². The van der Waals surface area contributed by atoms with Crippen LogP contribution in [0.2, 0.25) is 0 Å². The van der Waals surface area contributed by atoms with Gasteiger partial charge in [-0.05, 0) is 18.9 Å². The van der Waals surface area contributed by atoms with Crippen molar-refractivity contribution in [3.8, 4) is 11.4 Å². The molecule has 4 heterocycles. The minimum atomic E-state index is -0.0851. The van der Waals surface area contributed by atoms with Gasteiger partial charge in [-0.25, -0.2) is 9.97 Å². The van der Waals surface area contributed by atoms with Gasteiger partial charge in [0.2, 0.25) is 5.82 Å². The number of benzene rings is 1. The number of aromatic nitrogens is 5. The molecule has 0 N–H and O–H groups in total. The van der Waals surface area contributed by atoms with E-state index in [-0.39, 0.29) is 23.8 Å². The van der Waals surface area contributed by atoms with Gasteiger partial charge >= 0.3 is 0 Å². The Balaban J connectivity index is 1.50. The summed E-state index contributed by atoms with van der Waals surface area (Å²) in [5, 5.41) is 8.84. The van der Waals surface area contributed by atoms with Crippen LogP contribution < -0.4 is 0 Å². The molecule has 0 aliphatic carbocycles. The van der Waals surface area contributed by atoms with Crippen molar-refractivity contribution < 1.29 is 4.79 Å². The number of hydrogen-bond acceptors (Lipinski definition) is 5. The third-order valence-electron chi connectivity index (χ3n) is 5.28. The van der Waals surface area contributed by atoms with Crippen molar-refractivity contribution in [2.75, 3.05) is 0 Å². The molecule has 1 aromatic carbocycles. The van der Waals surface area contributed by atoms with Crippen molar-refractivity contribution in [3.63, 3.8) is 0 Å². The molecule has 1 saturated heterocycles. The minimum absolute atomic E-state index is 0.0851. The minimum Gasteiger partial charge on any atom is -0.328 e. The van der Waals surface area contributed by atoms with Crippen molar-refractivity contribution in [2.45, 2.75) is 37.9 Å². The summed E-state index contributed by atoms with van der Waals surface area (Å²) in [6.07, 6.45) is 5.91. The smallest absolute Gasteiger partial charge is 0.292 e. The number of carbonyl (C=O) groups is 1. The molecule has 7 nitrogen and oxygen atoms in total. The standard InChI is InChI=1S/C19H18N6O/c26-19(17-20-9-4-10-21-17)25-14-7-8-15(25)12-24-16(11-14)22-23-18(24)13-5-2-1-3-6-13/h1-6,9-10,14-15H,7-8,11-12H2/t14-,15+/m0/s1. The maximum Gasteiger partial charge on any atom is 0.292 e. The number of fused-ring (bicyclic) bond motifs is 3. The predicted octanol–water partition coefficient (Wildman–Crippen LogP) is 1.96. The highest BCUT2D eigenvalue weighted by Gasteiger charge is 2.42. The van der Waals surface area contributed by atoms with Gasteiger partial charge < -0.3 is 9.47 Å². The molecule has 2 bridgehead atoms. The molecule has 0 spiro atoms. The van der Waals surface area contributed by atoms with Crippen LogP contribution in [0.15, 0.2) is 48.8 Å². The van der Waals surface area contributed by atoms with Crippen LogP contribution in [0, 0.1) is 0 Å². The number of rotatable bonds is 2. The van der Waals surface area contributed by atoms with E-state index in [0.29, 0.717) is 6.54 Å². The van der Waals surface area contributed by atoms with Gasteiger partial charge in [-0.1, -0.05) is 30.3 Å². The Kier molecular flexibility index (Phi) is 3.51. The molecule has 0 unspecified atom stereocenters. The predicted molar refractivity (Wildman–Crippen MR) is 94.2 cm³/mol. The van der Waals surface area contributed by atoms with Crippen LogP contribution in [0.25, 0.3) is 11.4 Å². The summed E-state index contributed by atoms with van der Waals surface area (Å²) < 4.78 is 2.17. The Morgan fingerprint density at radius 2 is 1.73 bits per heavy atom. The van der Waals surface area contributed by atoms with Crippen LogP contribution in [-0.4, -0.2) is 47.6 Å². The summed E-state index contributed by atoms with van der Waals surface area (Å²) in [7, 11) is 0. The van der Waals surface area contributed by atoms with E-state index in [0.717, 1.165) is 36.5 Å². The van der Waals surface area contributed by atoms with Crippen LogP contribution >= 0.6 is 0 Å². The highest BCUT2D eigenvalue weighted by atomic mass is 16.2. The average molecular weight is 346 g/mol. The maximum atomic E-state index is 13.0. The molecular formula is C19H18N6O. The largest absolute Gasteiger partial charge is 0.328 e. The molecule has 26 heavy (non-hydrogen) atoms. The number of carbonyl (C=O) groups excluding carboxylic acids is 1. The Morgan fingerprint density at radius 1 is 0.962 bits per heavy atom. The second kappa shape index (κ2) is 6.01. The highest BCUT2D eigenvalue weighted by Crippen LogP contribution is 2.33. The van der Waals surface area contributed by atoms with Crippen molar-refractivity contribution >= 4 is 5.91 Å². The maximum absolute atomic E-state index is 13.0.